The molecule has 0 spiro atoms. The van der Waals surface area contributed by atoms with Crippen molar-refractivity contribution in [2.45, 2.75) is 44.6 Å². The van der Waals surface area contributed by atoms with Crippen LogP contribution < -0.4 is 10.7 Å². The largest absolute Gasteiger partial charge is 0.359 e. The van der Waals surface area contributed by atoms with E-state index >= 15 is 0 Å². The molecule has 0 saturated heterocycles. The number of nitrogens with zero attached hydrogens (tertiary/aromatic N) is 1. The van der Waals surface area contributed by atoms with Gasteiger partial charge in [0.05, 0.1) is 12.1 Å². The summed E-state index contributed by atoms with van der Waals surface area (Å²) < 4.78 is 0. The molecular weight excluding hydrogens is 282 g/mol. The first-order chi connectivity index (χ1) is 10.2. The number of rotatable bonds is 2. The van der Waals surface area contributed by atoms with Crippen molar-refractivity contribution in [2.75, 3.05) is 0 Å². The van der Waals surface area contributed by atoms with Gasteiger partial charge in [0.15, 0.2) is 10.9 Å². The van der Waals surface area contributed by atoms with Gasteiger partial charge >= 0.3 is 0 Å². The van der Waals surface area contributed by atoms with E-state index in [0.29, 0.717) is 17.6 Å². The molecule has 0 radical (unpaired) electrons. The molecule has 2 aliphatic carbocycles. The summed E-state index contributed by atoms with van der Waals surface area (Å²) in [6, 6.07) is 8.03. The molecule has 3 rings (SSSR count). The average molecular weight is 301 g/mol. The Hall–Kier alpha value is -1.75. The molecule has 0 aliphatic heterocycles. The molecule has 21 heavy (non-hydrogen) atoms. The standard InChI is InChI=1S/C16H19N3OS/c20-15-10-14(12-8-4-5-9-13(12)15)18-19-16(21)17-11-6-2-1-3-7-11/h4-5,8-9,11H,1-3,6-7,10H2,(H2,17,19,21)/b18-14+. The van der Waals surface area contributed by atoms with E-state index in [9.17, 15) is 4.79 Å². The van der Waals surface area contributed by atoms with Crippen molar-refractivity contribution in [3.05, 3.63) is 35.4 Å². The van der Waals surface area contributed by atoms with E-state index in [1.165, 1.54) is 32.1 Å². The number of hydrazone groups is 1. The summed E-state index contributed by atoms with van der Waals surface area (Å²) in [6.07, 6.45) is 6.52. The Morgan fingerprint density at radius 1 is 1.14 bits per heavy atom. The molecule has 0 aromatic heterocycles. The van der Waals surface area contributed by atoms with Crippen LogP contribution in [0.5, 0.6) is 0 Å². The lowest BCUT2D eigenvalue weighted by Crippen LogP contribution is -2.41. The summed E-state index contributed by atoms with van der Waals surface area (Å²) in [5, 5.41) is 8.18. The van der Waals surface area contributed by atoms with Crippen LogP contribution >= 0.6 is 12.2 Å². The van der Waals surface area contributed by atoms with Gasteiger partial charge in [-0.15, -0.1) is 0 Å². The van der Waals surface area contributed by atoms with Crippen LogP contribution in [-0.2, 0) is 0 Å². The fourth-order valence-corrected chi connectivity index (χ4v) is 3.22. The van der Waals surface area contributed by atoms with Gasteiger partial charge in [-0.1, -0.05) is 43.5 Å². The smallest absolute Gasteiger partial charge is 0.187 e. The summed E-state index contributed by atoms with van der Waals surface area (Å²) in [4.78, 5) is 11.9. The van der Waals surface area contributed by atoms with Gasteiger partial charge in [0, 0.05) is 17.2 Å². The van der Waals surface area contributed by atoms with Crippen molar-refractivity contribution >= 4 is 28.8 Å². The number of carbonyl (C=O) groups excluding carboxylic acids is 1. The van der Waals surface area contributed by atoms with Crippen molar-refractivity contribution < 1.29 is 4.79 Å². The molecule has 5 heteroatoms. The molecule has 110 valence electrons. The maximum Gasteiger partial charge on any atom is 0.187 e. The van der Waals surface area contributed by atoms with E-state index in [-0.39, 0.29) is 5.78 Å². The van der Waals surface area contributed by atoms with Crippen LogP contribution in [0.4, 0.5) is 0 Å². The van der Waals surface area contributed by atoms with Crippen molar-refractivity contribution in [3.63, 3.8) is 0 Å². The van der Waals surface area contributed by atoms with Crippen LogP contribution in [0.1, 0.15) is 54.4 Å². The Labute approximate surface area is 130 Å². The van der Waals surface area contributed by atoms with Crippen molar-refractivity contribution in [1.29, 1.82) is 0 Å². The Kier molecular flexibility index (Phi) is 4.29. The molecule has 0 heterocycles. The maximum atomic E-state index is 11.9. The zero-order chi connectivity index (χ0) is 14.7. The third-order valence-electron chi connectivity index (χ3n) is 4.10. The SMILES string of the molecule is O=C1C/C(=N\NC(=S)NC2CCCCC2)c2ccccc21. The highest BCUT2D eigenvalue weighted by molar-refractivity contribution is 7.80. The lowest BCUT2D eigenvalue weighted by Gasteiger charge is -2.23. The molecule has 0 amide bonds. The molecule has 0 unspecified atom stereocenters. The lowest BCUT2D eigenvalue weighted by atomic mass is 9.96. The second-order valence-electron chi connectivity index (χ2n) is 5.62. The number of carbonyl (C=O) groups is 1. The highest BCUT2D eigenvalue weighted by Crippen LogP contribution is 2.22. The van der Waals surface area contributed by atoms with Crippen LogP contribution in [0, 0.1) is 0 Å². The molecule has 4 nitrogen and oxygen atoms in total. The van der Waals surface area contributed by atoms with E-state index in [0.717, 1.165) is 16.8 Å². The van der Waals surface area contributed by atoms with Gasteiger partial charge in [0.2, 0.25) is 0 Å². The van der Waals surface area contributed by atoms with Gasteiger partial charge in [-0.3, -0.25) is 10.2 Å². The van der Waals surface area contributed by atoms with E-state index < -0.39 is 0 Å². The van der Waals surface area contributed by atoms with Gasteiger partial charge in [-0.2, -0.15) is 5.10 Å². The zero-order valence-electron chi connectivity index (χ0n) is 11.9. The van der Waals surface area contributed by atoms with Gasteiger partial charge in [0.25, 0.3) is 0 Å². The predicted octanol–water partition coefficient (Wildman–Crippen LogP) is 2.77. The summed E-state index contributed by atoms with van der Waals surface area (Å²) in [7, 11) is 0. The minimum atomic E-state index is 0.123. The molecule has 1 saturated carbocycles. The fourth-order valence-electron chi connectivity index (χ4n) is 3.00. The number of fused-ring (bicyclic) bond motifs is 1. The van der Waals surface area contributed by atoms with Crippen LogP contribution in [-0.4, -0.2) is 22.6 Å². The molecule has 1 aromatic carbocycles. The lowest BCUT2D eigenvalue weighted by molar-refractivity contribution is 0.101. The highest BCUT2D eigenvalue weighted by atomic mass is 32.1. The van der Waals surface area contributed by atoms with Crippen LogP contribution in [0.2, 0.25) is 0 Å². The van der Waals surface area contributed by atoms with E-state index in [2.05, 4.69) is 15.8 Å². The predicted molar refractivity (Wildman–Crippen MR) is 87.7 cm³/mol. The molecule has 0 atom stereocenters. The minimum Gasteiger partial charge on any atom is -0.359 e. The topological polar surface area (TPSA) is 53.5 Å². The van der Waals surface area contributed by atoms with Gasteiger partial charge in [-0.05, 0) is 25.1 Å². The Morgan fingerprint density at radius 2 is 1.86 bits per heavy atom. The number of nitrogens with one attached hydrogen (secondary N) is 2. The van der Waals surface area contributed by atoms with Crippen molar-refractivity contribution in [1.82, 2.24) is 10.7 Å². The first kappa shape index (κ1) is 14.2. The van der Waals surface area contributed by atoms with Crippen LogP contribution in [0.15, 0.2) is 29.4 Å². The number of thiocarbonyl (C=S) groups is 1. The van der Waals surface area contributed by atoms with Gasteiger partial charge < -0.3 is 5.32 Å². The van der Waals surface area contributed by atoms with Gasteiger partial charge in [0.1, 0.15) is 0 Å². The number of hydrogen-bond acceptors (Lipinski definition) is 3. The molecule has 2 aliphatic rings. The second kappa shape index (κ2) is 6.35. The highest BCUT2D eigenvalue weighted by Gasteiger charge is 2.25. The minimum absolute atomic E-state index is 0.123. The van der Waals surface area contributed by atoms with Crippen molar-refractivity contribution in [2.24, 2.45) is 5.10 Å². The van der Waals surface area contributed by atoms with Crippen molar-refractivity contribution in [3.8, 4) is 0 Å². The monoisotopic (exact) mass is 301 g/mol. The Bertz CT molecular complexity index is 591. The Morgan fingerprint density at radius 3 is 2.62 bits per heavy atom. The quantitative estimate of drug-likeness (QED) is 0.651. The fraction of sp³-hybridized carbons (Fsp3) is 0.438. The van der Waals surface area contributed by atoms with E-state index in [1.54, 1.807) is 0 Å². The Balaban J connectivity index is 1.61. The maximum absolute atomic E-state index is 11.9. The molecule has 1 aromatic rings. The number of Topliss-reactive ketones (excluding diaryl/α,β-unsaturated/α-hetero) is 1. The zero-order valence-corrected chi connectivity index (χ0v) is 12.7. The average Bonchev–Trinajstić information content (AvgIpc) is 2.83. The summed E-state index contributed by atoms with van der Waals surface area (Å²) in [5.74, 6) is 0.123. The third kappa shape index (κ3) is 3.29. The van der Waals surface area contributed by atoms with E-state index in [4.69, 9.17) is 12.2 Å². The summed E-state index contributed by atoms with van der Waals surface area (Å²) in [6.45, 7) is 0. The number of benzene rings is 1. The molecule has 2 N–H and O–H groups in total. The van der Waals surface area contributed by atoms with Gasteiger partial charge in [-0.25, -0.2) is 0 Å². The third-order valence-corrected chi connectivity index (χ3v) is 4.31. The first-order valence-electron chi connectivity index (χ1n) is 7.50. The molecule has 0 bridgehead atoms. The number of hydrogen-bond donors (Lipinski definition) is 2. The van der Waals surface area contributed by atoms with Crippen LogP contribution in [0.25, 0.3) is 0 Å². The van der Waals surface area contributed by atoms with E-state index in [1.807, 2.05) is 24.3 Å². The molecular formula is C16H19N3OS. The van der Waals surface area contributed by atoms with Crippen LogP contribution in [0.3, 0.4) is 0 Å². The number of ketones is 1. The summed E-state index contributed by atoms with van der Waals surface area (Å²) in [5.41, 5.74) is 5.32. The second-order valence-corrected chi connectivity index (χ2v) is 6.03. The molecule has 1 fully saturated rings. The normalized spacial score (nSPS) is 20.4. The first-order valence-corrected chi connectivity index (χ1v) is 7.90. The summed E-state index contributed by atoms with van der Waals surface area (Å²) >= 11 is 5.28.